The molecule has 64 valence electrons. The van der Waals surface area contributed by atoms with Gasteiger partial charge in [0.25, 0.3) is 0 Å². The molecule has 1 aromatic rings. The van der Waals surface area contributed by atoms with Gasteiger partial charge in [0.1, 0.15) is 11.6 Å². The maximum atomic E-state index is 12.7. The molecule has 0 atom stereocenters. The Balaban J connectivity index is 3.37. The van der Waals surface area contributed by atoms with Gasteiger partial charge in [-0.3, -0.25) is 4.79 Å². The summed E-state index contributed by atoms with van der Waals surface area (Å²) in [6.45, 7) is 1.19. The predicted octanol–water partition coefficient (Wildman–Crippen LogP) is 2.82. The molecule has 1 nitrogen and oxygen atoms in total. The first kappa shape index (κ1) is 9.13. The Bertz CT molecular complexity index is 336. The number of Topliss-reactive ketones (excluding diaryl/α,β-unsaturated/α-hetero) is 1. The minimum atomic E-state index is -0.915. The molecule has 0 spiro atoms. The number of carbonyl (C=O) groups is 1. The fourth-order valence-corrected chi connectivity index (χ4v) is 1.05. The fourth-order valence-electron chi connectivity index (χ4n) is 0.812. The standard InChI is InChI=1S/C8H5ClF2O/c1-4(12)6-2-5(10)3-7(11)8(6)9/h2-3H,1H3. The molecule has 0 fully saturated rings. The van der Waals surface area contributed by atoms with E-state index in [1.54, 1.807) is 0 Å². The molecule has 0 aromatic heterocycles. The van der Waals surface area contributed by atoms with Gasteiger partial charge in [-0.25, -0.2) is 8.78 Å². The van der Waals surface area contributed by atoms with Crippen LogP contribution in [0.3, 0.4) is 0 Å². The average Bonchev–Trinajstić information content (AvgIpc) is 1.96. The summed E-state index contributed by atoms with van der Waals surface area (Å²) in [6.07, 6.45) is 0. The number of halogens is 3. The van der Waals surface area contributed by atoms with Gasteiger partial charge in [0.05, 0.1) is 5.02 Å². The molecule has 0 N–H and O–H groups in total. The smallest absolute Gasteiger partial charge is 0.161 e. The Labute approximate surface area is 73.0 Å². The summed E-state index contributed by atoms with van der Waals surface area (Å²) in [5, 5.41) is -0.330. The summed E-state index contributed by atoms with van der Waals surface area (Å²) in [4.78, 5) is 10.8. The molecule has 0 heterocycles. The molecular formula is C8H5ClF2O. The molecule has 1 rings (SSSR count). The van der Waals surface area contributed by atoms with Crippen LogP contribution in [0.25, 0.3) is 0 Å². The summed E-state index contributed by atoms with van der Waals surface area (Å²) in [5.74, 6) is -2.18. The number of hydrogen-bond acceptors (Lipinski definition) is 1. The third kappa shape index (κ3) is 1.61. The Kier molecular flexibility index (Phi) is 2.43. The number of rotatable bonds is 1. The van der Waals surface area contributed by atoms with Crippen LogP contribution < -0.4 is 0 Å². The molecule has 4 heteroatoms. The van der Waals surface area contributed by atoms with Gasteiger partial charge < -0.3 is 0 Å². The molecule has 0 saturated heterocycles. The van der Waals surface area contributed by atoms with Gasteiger partial charge in [0.2, 0.25) is 0 Å². The SMILES string of the molecule is CC(=O)c1cc(F)cc(F)c1Cl. The molecule has 0 aliphatic carbocycles. The van der Waals surface area contributed by atoms with Crippen molar-refractivity contribution in [3.05, 3.63) is 34.4 Å². The van der Waals surface area contributed by atoms with Crippen LogP contribution in [0.15, 0.2) is 12.1 Å². The topological polar surface area (TPSA) is 17.1 Å². The lowest BCUT2D eigenvalue weighted by Gasteiger charge is -2.00. The van der Waals surface area contributed by atoms with Gasteiger partial charge >= 0.3 is 0 Å². The van der Waals surface area contributed by atoms with E-state index in [2.05, 4.69) is 0 Å². The minimum Gasteiger partial charge on any atom is -0.294 e. The van der Waals surface area contributed by atoms with Crippen molar-refractivity contribution in [3.8, 4) is 0 Å². The summed E-state index contributed by atoms with van der Waals surface area (Å²) < 4.78 is 25.2. The molecule has 0 amide bonds. The summed E-state index contributed by atoms with van der Waals surface area (Å²) >= 11 is 5.40. The number of hydrogen-bond donors (Lipinski definition) is 0. The highest BCUT2D eigenvalue weighted by atomic mass is 35.5. The lowest BCUT2D eigenvalue weighted by molar-refractivity contribution is 0.101. The second kappa shape index (κ2) is 3.19. The van der Waals surface area contributed by atoms with Crippen LogP contribution in [-0.4, -0.2) is 5.78 Å². The first-order chi connectivity index (χ1) is 5.52. The highest BCUT2D eigenvalue weighted by Crippen LogP contribution is 2.21. The highest BCUT2D eigenvalue weighted by molar-refractivity contribution is 6.34. The summed E-state index contributed by atoms with van der Waals surface area (Å²) in [7, 11) is 0. The minimum absolute atomic E-state index is 0.130. The molecule has 12 heavy (non-hydrogen) atoms. The van der Waals surface area contributed by atoms with Gasteiger partial charge in [-0.1, -0.05) is 11.6 Å². The molecule has 0 saturated carbocycles. The van der Waals surface area contributed by atoms with Gasteiger partial charge in [0.15, 0.2) is 5.78 Å². The van der Waals surface area contributed by atoms with Crippen molar-refractivity contribution in [2.45, 2.75) is 6.92 Å². The van der Waals surface area contributed by atoms with E-state index in [0.717, 1.165) is 6.07 Å². The Morgan fingerprint density at radius 2 is 2.00 bits per heavy atom. The zero-order valence-electron chi connectivity index (χ0n) is 6.20. The van der Waals surface area contributed by atoms with Crippen LogP contribution in [0.1, 0.15) is 17.3 Å². The quantitative estimate of drug-likeness (QED) is 0.492. The van der Waals surface area contributed by atoms with Crippen molar-refractivity contribution in [2.75, 3.05) is 0 Å². The normalized spacial score (nSPS) is 10.0. The molecule has 0 bridgehead atoms. The van der Waals surface area contributed by atoms with Crippen LogP contribution in [0.4, 0.5) is 8.78 Å². The lowest BCUT2D eigenvalue weighted by Crippen LogP contribution is -1.96. The van der Waals surface area contributed by atoms with Crippen molar-refractivity contribution in [1.29, 1.82) is 0 Å². The van der Waals surface area contributed by atoms with E-state index < -0.39 is 17.4 Å². The second-order valence-electron chi connectivity index (χ2n) is 2.31. The monoisotopic (exact) mass is 190 g/mol. The third-order valence-corrected chi connectivity index (χ3v) is 1.76. The van der Waals surface area contributed by atoms with Crippen molar-refractivity contribution >= 4 is 17.4 Å². The third-order valence-electron chi connectivity index (χ3n) is 1.37. The van der Waals surface area contributed by atoms with Crippen LogP contribution in [0.2, 0.25) is 5.02 Å². The largest absolute Gasteiger partial charge is 0.294 e. The van der Waals surface area contributed by atoms with Crippen molar-refractivity contribution in [1.82, 2.24) is 0 Å². The van der Waals surface area contributed by atoms with Gasteiger partial charge in [0, 0.05) is 11.6 Å². The Hall–Kier alpha value is -0.960. The second-order valence-corrected chi connectivity index (χ2v) is 2.68. The summed E-state index contributed by atoms with van der Waals surface area (Å²) in [5.41, 5.74) is -0.130. The lowest BCUT2D eigenvalue weighted by atomic mass is 10.1. The van der Waals surface area contributed by atoms with Crippen molar-refractivity contribution < 1.29 is 13.6 Å². The van der Waals surface area contributed by atoms with E-state index in [4.69, 9.17) is 11.6 Å². The van der Waals surface area contributed by atoms with E-state index in [9.17, 15) is 13.6 Å². The zero-order valence-corrected chi connectivity index (χ0v) is 6.95. The van der Waals surface area contributed by atoms with Gasteiger partial charge in [-0.15, -0.1) is 0 Å². The Morgan fingerprint density at radius 3 is 2.50 bits per heavy atom. The van der Waals surface area contributed by atoms with Crippen LogP contribution in [-0.2, 0) is 0 Å². The fraction of sp³-hybridized carbons (Fsp3) is 0.125. The van der Waals surface area contributed by atoms with Gasteiger partial charge in [-0.2, -0.15) is 0 Å². The molecular weight excluding hydrogens is 186 g/mol. The maximum Gasteiger partial charge on any atom is 0.161 e. The van der Waals surface area contributed by atoms with Crippen molar-refractivity contribution in [3.63, 3.8) is 0 Å². The van der Waals surface area contributed by atoms with E-state index in [1.807, 2.05) is 0 Å². The van der Waals surface area contributed by atoms with Crippen LogP contribution in [0.5, 0.6) is 0 Å². The first-order valence-corrected chi connectivity index (χ1v) is 3.55. The van der Waals surface area contributed by atoms with Gasteiger partial charge in [-0.05, 0) is 13.0 Å². The molecule has 1 aromatic carbocycles. The number of carbonyl (C=O) groups excluding carboxylic acids is 1. The van der Waals surface area contributed by atoms with Crippen LogP contribution in [0, 0.1) is 11.6 Å². The molecule has 0 aliphatic heterocycles. The average molecular weight is 191 g/mol. The molecule has 0 unspecified atom stereocenters. The maximum absolute atomic E-state index is 12.7. The Morgan fingerprint density at radius 1 is 1.42 bits per heavy atom. The van der Waals surface area contributed by atoms with Crippen LogP contribution >= 0.6 is 11.6 Å². The van der Waals surface area contributed by atoms with E-state index >= 15 is 0 Å². The van der Waals surface area contributed by atoms with E-state index in [-0.39, 0.29) is 10.6 Å². The molecule has 0 aliphatic rings. The summed E-state index contributed by atoms with van der Waals surface area (Å²) in [6, 6.07) is 1.54. The number of benzene rings is 1. The predicted molar refractivity (Wildman–Crippen MR) is 41.4 cm³/mol. The zero-order chi connectivity index (χ0) is 9.30. The van der Waals surface area contributed by atoms with E-state index in [0.29, 0.717) is 6.07 Å². The number of ketones is 1. The first-order valence-electron chi connectivity index (χ1n) is 3.18. The van der Waals surface area contributed by atoms with Crippen molar-refractivity contribution in [2.24, 2.45) is 0 Å². The van der Waals surface area contributed by atoms with E-state index in [1.165, 1.54) is 6.92 Å². The highest BCUT2D eigenvalue weighted by Gasteiger charge is 2.11. The molecule has 0 radical (unpaired) electrons.